The van der Waals surface area contributed by atoms with E-state index < -0.39 is 5.97 Å². The molecular weight excluding hydrogens is 428 g/mol. The molecule has 0 saturated carbocycles. The van der Waals surface area contributed by atoms with Crippen molar-refractivity contribution in [1.82, 2.24) is 5.32 Å². The third-order valence-corrected chi connectivity index (χ3v) is 4.54. The zero-order valence-electron chi connectivity index (χ0n) is 15.0. The topological polar surface area (TPSA) is 67.4 Å². The highest BCUT2D eigenvalue weighted by atomic mass is 79.9. The molecule has 0 atom stereocenters. The highest BCUT2D eigenvalue weighted by Gasteiger charge is 2.10. The maximum atomic E-state index is 11.9. The number of benzene rings is 2. The van der Waals surface area contributed by atoms with Crippen LogP contribution in [0, 0.1) is 6.92 Å². The number of hydrogen-bond acceptors (Lipinski definition) is 4. The van der Waals surface area contributed by atoms with Crippen LogP contribution >= 0.6 is 28.1 Å². The Balaban J connectivity index is 1.66. The van der Waals surface area contributed by atoms with E-state index in [1.807, 2.05) is 55.5 Å². The summed E-state index contributed by atoms with van der Waals surface area (Å²) >= 11 is 8.57. The largest absolute Gasteiger partial charge is 0.465 e. The Morgan fingerprint density at radius 2 is 1.85 bits per heavy atom. The van der Waals surface area contributed by atoms with Crippen molar-refractivity contribution >= 4 is 50.8 Å². The van der Waals surface area contributed by atoms with E-state index in [2.05, 4.69) is 26.6 Å². The Hall–Kier alpha value is -2.25. The molecule has 0 heterocycles. The fourth-order valence-electron chi connectivity index (χ4n) is 2.28. The van der Waals surface area contributed by atoms with E-state index in [9.17, 15) is 9.59 Å². The molecule has 2 aromatic rings. The molecule has 2 aromatic carbocycles. The van der Waals surface area contributed by atoms with Gasteiger partial charge < -0.3 is 15.4 Å². The molecule has 0 radical (unpaired) electrons. The molecule has 7 heteroatoms. The van der Waals surface area contributed by atoms with Gasteiger partial charge in [0, 0.05) is 17.3 Å². The van der Waals surface area contributed by atoms with Gasteiger partial charge in [-0.15, -0.1) is 0 Å². The minimum absolute atomic E-state index is 0.0114. The average Bonchev–Trinajstić information content (AvgIpc) is 2.63. The summed E-state index contributed by atoms with van der Waals surface area (Å²) in [6.07, 6.45) is 0.677. The van der Waals surface area contributed by atoms with Gasteiger partial charge in [0.1, 0.15) is 0 Å². The molecular formula is C20H21BrN2O3S. The Bertz CT molecular complexity index is 812. The van der Waals surface area contributed by atoms with Crippen LogP contribution in [-0.4, -0.2) is 23.6 Å². The maximum absolute atomic E-state index is 11.9. The van der Waals surface area contributed by atoms with Crippen LogP contribution in [0.25, 0.3) is 0 Å². The number of carbonyl (C=O) groups excluding carboxylic acids is 2. The van der Waals surface area contributed by atoms with Gasteiger partial charge in [-0.05, 0) is 58.3 Å². The Morgan fingerprint density at radius 3 is 2.56 bits per heavy atom. The molecule has 0 aliphatic carbocycles. The van der Waals surface area contributed by atoms with E-state index in [-0.39, 0.29) is 23.9 Å². The van der Waals surface area contributed by atoms with Crippen LogP contribution in [0.4, 0.5) is 5.69 Å². The quantitative estimate of drug-likeness (QED) is 0.492. The van der Waals surface area contributed by atoms with E-state index in [1.165, 1.54) is 0 Å². The first-order valence-electron chi connectivity index (χ1n) is 8.50. The second-order valence-electron chi connectivity index (χ2n) is 5.94. The molecule has 2 rings (SSSR count). The fourth-order valence-corrected chi connectivity index (χ4v) is 3.10. The molecule has 0 fully saturated rings. The third-order valence-electron chi connectivity index (χ3n) is 3.68. The van der Waals surface area contributed by atoms with Crippen LogP contribution in [0.15, 0.2) is 53.0 Å². The van der Waals surface area contributed by atoms with Crippen molar-refractivity contribution in [3.05, 3.63) is 64.1 Å². The Kier molecular flexibility index (Phi) is 8.42. The molecule has 0 spiro atoms. The minimum atomic E-state index is -0.402. The number of rotatable bonds is 7. The first-order chi connectivity index (χ1) is 12.9. The molecule has 0 aliphatic rings. The predicted molar refractivity (Wildman–Crippen MR) is 114 cm³/mol. The van der Waals surface area contributed by atoms with E-state index in [0.717, 1.165) is 21.3 Å². The lowest BCUT2D eigenvalue weighted by atomic mass is 10.2. The summed E-state index contributed by atoms with van der Waals surface area (Å²) < 4.78 is 6.00. The summed E-state index contributed by atoms with van der Waals surface area (Å²) in [6.45, 7) is 2.28. The molecule has 142 valence electrons. The first-order valence-corrected chi connectivity index (χ1v) is 9.70. The van der Waals surface area contributed by atoms with Crippen molar-refractivity contribution in [1.29, 1.82) is 0 Å². The summed E-state index contributed by atoms with van der Waals surface area (Å²) in [4.78, 5) is 23.7. The van der Waals surface area contributed by atoms with E-state index in [4.69, 9.17) is 17.0 Å². The summed E-state index contributed by atoms with van der Waals surface area (Å²) in [7, 11) is 0. The molecule has 0 bridgehead atoms. The number of esters is 1. The highest BCUT2D eigenvalue weighted by molar-refractivity contribution is 9.10. The first kappa shape index (κ1) is 21.1. The van der Waals surface area contributed by atoms with Crippen molar-refractivity contribution in [3.8, 4) is 0 Å². The second-order valence-corrected chi connectivity index (χ2v) is 7.20. The maximum Gasteiger partial charge on any atom is 0.306 e. The van der Waals surface area contributed by atoms with Crippen molar-refractivity contribution in [2.75, 3.05) is 11.9 Å². The lowest BCUT2D eigenvalue weighted by Gasteiger charge is -2.11. The van der Waals surface area contributed by atoms with Gasteiger partial charge in [-0.3, -0.25) is 9.59 Å². The lowest BCUT2D eigenvalue weighted by molar-refractivity contribution is -0.144. The van der Waals surface area contributed by atoms with Gasteiger partial charge in [-0.25, -0.2) is 0 Å². The number of carbonyl (C=O) groups is 2. The number of aryl methyl sites for hydroxylation is 1. The number of anilines is 1. The van der Waals surface area contributed by atoms with E-state index in [0.29, 0.717) is 13.0 Å². The Labute approximate surface area is 172 Å². The van der Waals surface area contributed by atoms with Gasteiger partial charge in [0.2, 0.25) is 5.91 Å². The summed E-state index contributed by atoms with van der Waals surface area (Å²) in [5.74, 6) is -0.739. The number of amides is 1. The normalized spacial score (nSPS) is 10.1. The van der Waals surface area contributed by atoms with Crippen molar-refractivity contribution in [2.24, 2.45) is 0 Å². The van der Waals surface area contributed by atoms with Crippen LogP contribution in [0.1, 0.15) is 24.0 Å². The fraction of sp³-hybridized carbons (Fsp3) is 0.250. The monoisotopic (exact) mass is 448 g/mol. The zero-order chi connectivity index (χ0) is 19.6. The predicted octanol–water partition coefficient (Wildman–Crippen LogP) is 4.14. The lowest BCUT2D eigenvalue weighted by Crippen LogP contribution is -2.34. The SMILES string of the molecule is Cc1ccc(NC(=S)NC(=O)CCC(=O)OCCc2ccccc2)c(Br)c1. The number of nitrogens with one attached hydrogen (secondary N) is 2. The zero-order valence-corrected chi connectivity index (χ0v) is 17.4. The van der Waals surface area contributed by atoms with Gasteiger partial charge >= 0.3 is 5.97 Å². The molecule has 0 unspecified atom stereocenters. The van der Waals surface area contributed by atoms with Gasteiger partial charge in [0.25, 0.3) is 0 Å². The van der Waals surface area contributed by atoms with Crippen LogP contribution in [0.3, 0.4) is 0 Å². The molecule has 0 aliphatic heterocycles. The summed E-state index contributed by atoms with van der Waals surface area (Å²) in [5.41, 5.74) is 2.96. The van der Waals surface area contributed by atoms with Crippen LogP contribution < -0.4 is 10.6 Å². The molecule has 27 heavy (non-hydrogen) atoms. The summed E-state index contributed by atoms with van der Waals surface area (Å²) in [5, 5.41) is 5.69. The van der Waals surface area contributed by atoms with Gasteiger partial charge in [-0.2, -0.15) is 0 Å². The molecule has 1 amide bonds. The van der Waals surface area contributed by atoms with Gasteiger partial charge in [0.15, 0.2) is 5.11 Å². The minimum Gasteiger partial charge on any atom is -0.465 e. The number of ether oxygens (including phenoxy) is 1. The summed E-state index contributed by atoms with van der Waals surface area (Å²) in [6, 6.07) is 15.5. The van der Waals surface area contributed by atoms with Crippen molar-refractivity contribution in [3.63, 3.8) is 0 Å². The molecule has 2 N–H and O–H groups in total. The highest BCUT2D eigenvalue weighted by Crippen LogP contribution is 2.23. The molecule has 0 saturated heterocycles. The third kappa shape index (κ3) is 7.88. The van der Waals surface area contributed by atoms with Crippen LogP contribution in [0.5, 0.6) is 0 Å². The number of halogens is 1. The standard InChI is InChI=1S/C20H21BrN2O3S/c1-14-7-8-17(16(21)13-14)22-20(27)23-18(24)9-10-19(25)26-12-11-15-5-3-2-4-6-15/h2-8,13H,9-12H2,1H3,(H2,22,23,24,27). The smallest absolute Gasteiger partial charge is 0.306 e. The number of thiocarbonyl (C=S) groups is 1. The Morgan fingerprint density at radius 1 is 1.11 bits per heavy atom. The van der Waals surface area contributed by atoms with E-state index in [1.54, 1.807) is 0 Å². The molecule has 0 aromatic heterocycles. The second kappa shape index (κ2) is 10.8. The van der Waals surface area contributed by atoms with Gasteiger partial charge in [0.05, 0.1) is 18.7 Å². The van der Waals surface area contributed by atoms with Crippen molar-refractivity contribution < 1.29 is 14.3 Å². The molecule has 5 nitrogen and oxygen atoms in total. The van der Waals surface area contributed by atoms with Gasteiger partial charge in [-0.1, -0.05) is 36.4 Å². The van der Waals surface area contributed by atoms with Crippen molar-refractivity contribution in [2.45, 2.75) is 26.2 Å². The van der Waals surface area contributed by atoms with Crippen LogP contribution in [-0.2, 0) is 20.7 Å². The average molecular weight is 449 g/mol. The van der Waals surface area contributed by atoms with E-state index >= 15 is 0 Å². The van der Waals surface area contributed by atoms with Crippen LogP contribution in [0.2, 0.25) is 0 Å². The number of hydrogen-bond donors (Lipinski definition) is 2.